The molecule has 0 fully saturated rings. The number of ether oxygens (including phenoxy) is 1. The van der Waals surface area contributed by atoms with Gasteiger partial charge in [-0.3, -0.25) is 4.79 Å². The van der Waals surface area contributed by atoms with Crippen molar-refractivity contribution in [3.63, 3.8) is 0 Å². The second kappa shape index (κ2) is 3.59. The Kier molecular flexibility index (Phi) is 2.49. The van der Waals surface area contributed by atoms with Gasteiger partial charge in [-0.15, -0.1) is 6.42 Å². The molecule has 0 unspecified atom stereocenters. The lowest BCUT2D eigenvalue weighted by Crippen LogP contribution is -1.93. The molecule has 0 bridgehead atoms. The fraction of sp³-hybridized carbons (Fsp3) is 0.100. The van der Waals surface area contributed by atoms with E-state index in [1.165, 1.54) is 7.11 Å². The van der Waals surface area contributed by atoms with Crippen LogP contribution in [-0.4, -0.2) is 13.4 Å². The van der Waals surface area contributed by atoms with Crippen molar-refractivity contribution in [1.82, 2.24) is 0 Å². The first-order valence-electron chi connectivity index (χ1n) is 3.42. The Balaban J connectivity index is 3.34. The second-order valence-corrected chi connectivity index (χ2v) is 2.19. The third kappa shape index (κ3) is 1.30. The zero-order valence-electron chi connectivity index (χ0n) is 6.70. The highest BCUT2D eigenvalue weighted by Gasteiger charge is 2.04. The van der Waals surface area contributed by atoms with E-state index in [0.717, 1.165) is 6.29 Å². The maximum absolute atomic E-state index is 10.5. The lowest BCUT2D eigenvalue weighted by atomic mass is 10.1. The van der Waals surface area contributed by atoms with Gasteiger partial charge in [0.1, 0.15) is 5.75 Å². The minimum atomic E-state index is 0.468. The Bertz CT molecular complexity index is 334. The van der Waals surface area contributed by atoms with E-state index in [2.05, 4.69) is 5.92 Å². The topological polar surface area (TPSA) is 26.3 Å². The van der Waals surface area contributed by atoms with Crippen molar-refractivity contribution >= 4 is 6.29 Å². The molecule has 0 radical (unpaired) electrons. The SMILES string of the molecule is C#Cc1cccc(C=O)c1OC. The van der Waals surface area contributed by atoms with E-state index < -0.39 is 0 Å². The van der Waals surface area contributed by atoms with Gasteiger partial charge in [-0.2, -0.15) is 0 Å². The van der Waals surface area contributed by atoms with E-state index in [0.29, 0.717) is 16.9 Å². The lowest BCUT2D eigenvalue weighted by Gasteiger charge is -2.04. The number of carbonyl (C=O) groups is 1. The van der Waals surface area contributed by atoms with Crippen LogP contribution in [0.15, 0.2) is 18.2 Å². The summed E-state index contributed by atoms with van der Waals surface area (Å²) in [6.07, 6.45) is 5.93. The average molecular weight is 160 g/mol. The lowest BCUT2D eigenvalue weighted by molar-refractivity contribution is 0.112. The number of carbonyl (C=O) groups excluding carboxylic acids is 1. The molecule has 0 aromatic heterocycles. The summed E-state index contributed by atoms with van der Waals surface area (Å²) in [6.45, 7) is 0. The molecule has 1 aromatic rings. The monoisotopic (exact) mass is 160 g/mol. The average Bonchev–Trinajstić information content (AvgIpc) is 2.16. The van der Waals surface area contributed by atoms with Gasteiger partial charge in [0.15, 0.2) is 6.29 Å². The molecular formula is C10H8O2. The largest absolute Gasteiger partial charge is 0.495 e. The number of aldehydes is 1. The summed E-state index contributed by atoms with van der Waals surface area (Å²) in [5.74, 6) is 2.90. The van der Waals surface area contributed by atoms with Gasteiger partial charge in [0.05, 0.1) is 18.2 Å². The van der Waals surface area contributed by atoms with E-state index in [-0.39, 0.29) is 0 Å². The van der Waals surface area contributed by atoms with Gasteiger partial charge in [-0.1, -0.05) is 12.0 Å². The highest BCUT2D eigenvalue weighted by Crippen LogP contribution is 2.20. The summed E-state index contributed by atoms with van der Waals surface area (Å²) < 4.78 is 4.98. The molecule has 0 aliphatic carbocycles. The summed E-state index contributed by atoms with van der Waals surface area (Å²) in [5, 5.41) is 0. The molecule has 12 heavy (non-hydrogen) atoms. The van der Waals surface area contributed by atoms with E-state index in [1.54, 1.807) is 18.2 Å². The van der Waals surface area contributed by atoms with E-state index >= 15 is 0 Å². The van der Waals surface area contributed by atoms with Crippen LogP contribution in [0, 0.1) is 12.3 Å². The molecule has 0 N–H and O–H groups in total. The second-order valence-electron chi connectivity index (χ2n) is 2.19. The molecule has 0 atom stereocenters. The fourth-order valence-corrected chi connectivity index (χ4v) is 0.989. The van der Waals surface area contributed by atoms with Crippen molar-refractivity contribution in [2.75, 3.05) is 7.11 Å². The number of rotatable bonds is 2. The summed E-state index contributed by atoms with van der Waals surface area (Å²) in [7, 11) is 1.49. The van der Waals surface area contributed by atoms with Crippen molar-refractivity contribution in [3.05, 3.63) is 29.3 Å². The first-order chi connectivity index (χ1) is 5.83. The quantitative estimate of drug-likeness (QED) is 0.484. The molecule has 1 rings (SSSR count). The zero-order chi connectivity index (χ0) is 8.97. The minimum Gasteiger partial charge on any atom is -0.495 e. The smallest absolute Gasteiger partial charge is 0.153 e. The molecule has 0 spiro atoms. The van der Waals surface area contributed by atoms with Gasteiger partial charge in [-0.25, -0.2) is 0 Å². The first-order valence-corrected chi connectivity index (χ1v) is 3.42. The highest BCUT2D eigenvalue weighted by atomic mass is 16.5. The van der Waals surface area contributed by atoms with Crippen LogP contribution >= 0.6 is 0 Å². The number of hydrogen-bond donors (Lipinski definition) is 0. The summed E-state index contributed by atoms with van der Waals surface area (Å²) in [5.41, 5.74) is 1.08. The molecular weight excluding hydrogens is 152 g/mol. The summed E-state index contributed by atoms with van der Waals surface area (Å²) in [6, 6.07) is 5.11. The maximum atomic E-state index is 10.5. The van der Waals surface area contributed by atoms with Crippen molar-refractivity contribution in [2.24, 2.45) is 0 Å². The van der Waals surface area contributed by atoms with Crippen LogP contribution in [0.1, 0.15) is 15.9 Å². The van der Waals surface area contributed by atoms with Gasteiger partial charge in [0.25, 0.3) is 0 Å². The fourth-order valence-electron chi connectivity index (χ4n) is 0.989. The Hall–Kier alpha value is -1.75. The Morgan fingerprint density at radius 2 is 2.33 bits per heavy atom. The van der Waals surface area contributed by atoms with Crippen molar-refractivity contribution in [3.8, 4) is 18.1 Å². The molecule has 60 valence electrons. The predicted octanol–water partition coefficient (Wildman–Crippen LogP) is 1.49. The number of hydrogen-bond acceptors (Lipinski definition) is 2. The van der Waals surface area contributed by atoms with Gasteiger partial charge in [0, 0.05) is 0 Å². The standard InChI is InChI=1S/C10H8O2/c1-3-8-5-4-6-9(7-11)10(8)12-2/h1,4-7H,2H3. The van der Waals surface area contributed by atoms with Gasteiger partial charge in [0.2, 0.25) is 0 Å². The number of benzene rings is 1. The molecule has 2 nitrogen and oxygen atoms in total. The van der Waals surface area contributed by atoms with E-state index in [4.69, 9.17) is 11.2 Å². The predicted molar refractivity (Wildman–Crippen MR) is 46.3 cm³/mol. The van der Waals surface area contributed by atoms with Gasteiger partial charge in [-0.05, 0) is 12.1 Å². The van der Waals surface area contributed by atoms with Crippen LogP contribution in [0.5, 0.6) is 5.75 Å². The number of methoxy groups -OCH3 is 1. The maximum Gasteiger partial charge on any atom is 0.153 e. The van der Waals surface area contributed by atoms with Crippen LogP contribution in [0.4, 0.5) is 0 Å². The normalized spacial score (nSPS) is 8.67. The molecule has 2 heteroatoms. The third-order valence-electron chi connectivity index (χ3n) is 1.53. The van der Waals surface area contributed by atoms with E-state index in [9.17, 15) is 4.79 Å². The first kappa shape index (κ1) is 8.35. The minimum absolute atomic E-state index is 0.468. The Labute approximate surface area is 71.2 Å². The van der Waals surface area contributed by atoms with Crippen LogP contribution in [0.2, 0.25) is 0 Å². The Morgan fingerprint density at radius 1 is 1.58 bits per heavy atom. The van der Waals surface area contributed by atoms with Crippen LogP contribution in [0.25, 0.3) is 0 Å². The molecule has 0 heterocycles. The summed E-state index contributed by atoms with van der Waals surface area (Å²) >= 11 is 0. The molecule has 0 aliphatic rings. The van der Waals surface area contributed by atoms with Crippen LogP contribution in [0.3, 0.4) is 0 Å². The highest BCUT2D eigenvalue weighted by molar-refractivity contribution is 5.81. The number of para-hydroxylation sites is 1. The van der Waals surface area contributed by atoms with Gasteiger partial charge < -0.3 is 4.74 Å². The van der Waals surface area contributed by atoms with Gasteiger partial charge >= 0.3 is 0 Å². The van der Waals surface area contributed by atoms with Crippen molar-refractivity contribution < 1.29 is 9.53 Å². The third-order valence-corrected chi connectivity index (χ3v) is 1.53. The van der Waals surface area contributed by atoms with Crippen LogP contribution in [-0.2, 0) is 0 Å². The summed E-state index contributed by atoms with van der Waals surface area (Å²) in [4.78, 5) is 10.5. The van der Waals surface area contributed by atoms with Crippen molar-refractivity contribution in [2.45, 2.75) is 0 Å². The molecule has 0 saturated heterocycles. The molecule has 0 saturated carbocycles. The van der Waals surface area contributed by atoms with E-state index in [1.807, 2.05) is 0 Å². The van der Waals surface area contributed by atoms with Crippen LogP contribution < -0.4 is 4.74 Å². The Morgan fingerprint density at radius 3 is 2.83 bits per heavy atom. The molecule has 0 amide bonds. The molecule has 1 aromatic carbocycles. The number of terminal acetylenes is 1. The van der Waals surface area contributed by atoms with Crippen molar-refractivity contribution in [1.29, 1.82) is 0 Å². The molecule has 0 aliphatic heterocycles. The zero-order valence-corrected chi connectivity index (χ0v) is 6.70.